The van der Waals surface area contributed by atoms with E-state index >= 15 is 0 Å². The number of halogens is 1. The van der Waals surface area contributed by atoms with Gasteiger partial charge in [0.05, 0.1) is 15.3 Å². The van der Waals surface area contributed by atoms with Gasteiger partial charge in [0.15, 0.2) is 0 Å². The zero-order valence-corrected chi connectivity index (χ0v) is 13.3. The second-order valence-electron chi connectivity index (χ2n) is 4.62. The van der Waals surface area contributed by atoms with Crippen LogP contribution in [0.5, 0.6) is 0 Å². The molecule has 1 aromatic carbocycles. The number of pyridine rings is 1. The van der Waals surface area contributed by atoms with Crippen LogP contribution in [0.3, 0.4) is 0 Å². The largest absolute Gasteiger partial charge is 0.271 e. The zero-order chi connectivity index (χ0) is 14.1. The normalized spacial score (nSPS) is 12.8. The molecule has 3 nitrogen and oxygen atoms in total. The van der Waals surface area contributed by atoms with Crippen LogP contribution in [-0.2, 0) is 0 Å². The van der Waals surface area contributed by atoms with Crippen molar-refractivity contribution in [1.29, 1.82) is 0 Å². The van der Waals surface area contributed by atoms with Crippen LogP contribution in [0.1, 0.15) is 22.0 Å². The number of hydrogen-bond donors (Lipinski definition) is 2. The lowest BCUT2D eigenvalue weighted by Gasteiger charge is -2.16. The molecule has 102 valence electrons. The molecule has 3 rings (SSSR count). The molecule has 3 N–H and O–H groups in total. The van der Waals surface area contributed by atoms with E-state index in [1.807, 2.05) is 24.4 Å². The minimum Gasteiger partial charge on any atom is -0.271 e. The summed E-state index contributed by atoms with van der Waals surface area (Å²) in [7, 11) is 0. The molecule has 0 aliphatic carbocycles. The number of nitrogens with zero attached hydrogens (tertiary/aromatic N) is 1. The van der Waals surface area contributed by atoms with Crippen molar-refractivity contribution in [2.45, 2.75) is 13.0 Å². The highest BCUT2D eigenvalue weighted by molar-refractivity contribution is 9.11. The van der Waals surface area contributed by atoms with Crippen molar-refractivity contribution in [1.82, 2.24) is 10.4 Å². The molecule has 2 heterocycles. The lowest BCUT2D eigenvalue weighted by atomic mass is 10.0. The Morgan fingerprint density at radius 3 is 2.85 bits per heavy atom. The van der Waals surface area contributed by atoms with E-state index in [0.717, 1.165) is 20.3 Å². The molecule has 5 heteroatoms. The molecule has 0 saturated carbocycles. The first-order valence-corrected chi connectivity index (χ1v) is 7.87. The van der Waals surface area contributed by atoms with Crippen molar-refractivity contribution in [3.63, 3.8) is 0 Å². The maximum Gasteiger partial charge on any atom is 0.0809 e. The van der Waals surface area contributed by atoms with Gasteiger partial charge < -0.3 is 0 Å². The third-order valence-electron chi connectivity index (χ3n) is 3.32. The quantitative estimate of drug-likeness (QED) is 0.557. The fourth-order valence-corrected chi connectivity index (χ4v) is 3.98. The Hall–Kier alpha value is -1.27. The fraction of sp³-hybridized carbons (Fsp3) is 0.133. The third kappa shape index (κ3) is 2.38. The Morgan fingerprint density at radius 2 is 2.15 bits per heavy atom. The predicted octanol–water partition coefficient (Wildman–Crippen LogP) is 3.92. The van der Waals surface area contributed by atoms with Crippen molar-refractivity contribution in [3.8, 4) is 0 Å². The molecule has 0 amide bonds. The van der Waals surface area contributed by atoms with Crippen LogP contribution < -0.4 is 11.3 Å². The monoisotopic (exact) mass is 347 g/mol. The van der Waals surface area contributed by atoms with Crippen LogP contribution >= 0.6 is 27.3 Å². The van der Waals surface area contributed by atoms with Gasteiger partial charge in [-0.05, 0) is 52.2 Å². The van der Waals surface area contributed by atoms with E-state index in [2.05, 4.69) is 51.5 Å². The summed E-state index contributed by atoms with van der Waals surface area (Å²) in [5.41, 5.74) is 6.28. The molecule has 0 aliphatic rings. The number of fused-ring (bicyclic) bond motifs is 1. The summed E-state index contributed by atoms with van der Waals surface area (Å²) < 4.78 is 1.14. The molecule has 2 aromatic heterocycles. The number of thiophene rings is 1. The van der Waals surface area contributed by atoms with E-state index in [-0.39, 0.29) is 6.04 Å². The number of nitrogens with one attached hydrogen (secondary N) is 1. The van der Waals surface area contributed by atoms with E-state index in [9.17, 15) is 0 Å². The van der Waals surface area contributed by atoms with Gasteiger partial charge in [-0.3, -0.25) is 10.8 Å². The summed E-state index contributed by atoms with van der Waals surface area (Å²) in [4.78, 5) is 5.59. The zero-order valence-electron chi connectivity index (χ0n) is 10.9. The van der Waals surface area contributed by atoms with E-state index in [4.69, 9.17) is 5.84 Å². The molecule has 0 bridgehead atoms. The number of rotatable bonds is 3. The second-order valence-corrected chi connectivity index (χ2v) is 7.02. The van der Waals surface area contributed by atoms with E-state index in [1.165, 1.54) is 10.4 Å². The Morgan fingerprint density at radius 1 is 1.30 bits per heavy atom. The molecule has 1 unspecified atom stereocenters. The van der Waals surface area contributed by atoms with Crippen LogP contribution in [0.15, 0.2) is 46.4 Å². The molecule has 0 saturated heterocycles. The Kier molecular flexibility index (Phi) is 3.85. The highest BCUT2D eigenvalue weighted by Crippen LogP contribution is 2.35. The Balaban J connectivity index is 2.16. The van der Waals surface area contributed by atoms with Crippen molar-refractivity contribution in [3.05, 3.63) is 62.4 Å². The van der Waals surface area contributed by atoms with Crippen LogP contribution in [0.2, 0.25) is 0 Å². The number of hydrazine groups is 1. The summed E-state index contributed by atoms with van der Waals surface area (Å²) in [6.07, 6.45) is 1.81. The second kappa shape index (κ2) is 5.61. The SMILES string of the molecule is Cc1cc(C(NN)c2cccc3ncccc23)sc1Br. The lowest BCUT2D eigenvalue weighted by molar-refractivity contribution is 0.650. The van der Waals surface area contributed by atoms with Crippen molar-refractivity contribution >= 4 is 38.2 Å². The highest BCUT2D eigenvalue weighted by atomic mass is 79.9. The van der Waals surface area contributed by atoms with E-state index < -0.39 is 0 Å². The van der Waals surface area contributed by atoms with Gasteiger partial charge in [0.2, 0.25) is 0 Å². The van der Waals surface area contributed by atoms with E-state index in [1.54, 1.807) is 11.3 Å². The standard InChI is InChI=1S/C15H14BrN3S/c1-9-8-13(20-15(9)16)14(19-17)11-4-2-6-12-10(11)5-3-7-18-12/h2-8,14,19H,17H2,1H3. The Labute approximate surface area is 129 Å². The topological polar surface area (TPSA) is 50.9 Å². The molecular formula is C15H14BrN3S. The average Bonchev–Trinajstić information content (AvgIpc) is 2.79. The number of nitrogens with two attached hydrogens (primary N) is 1. The van der Waals surface area contributed by atoms with E-state index in [0.29, 0.717) is 0 Å². The van der Waals surface area contributed by atoms with Gasteiger partial charge in [0, 0.05) is 16.5 Å². The fourth-order valence-electron chi connectivity index (χ4n) is 2.33. The van der Waals surface area contributed by atoms with Gasteiger partial charge in [-0.25, -0.2) is 5.43 Å². The Bertz CT molecular complexity index is 729. The van der Waals surface area contributed by atoms with Crippen molar-refractivity contribution < 1.29 is 0 Å². The van der Waals surface area contributed by atoms with Crippen molar-refractivity contribution in [2.24, 2.45) is 5.84 Å². The van der Waals surface area contributed by atoms with Crippen molar-refractivity contribution in [2.75, 3.05) is 0 Å². The number of aryl methyl sites for hydroxylation is 1. The first kappa shape index (κ1) is 13.7. The maximum absolute atomic E-state index is 5.81. The molecule has 0 spiro atoms. The number of hydrogen-bond acceptors (Lipinski definition) is 4. The summed E-state index contributed by atoms with van der Waals surface area (Å²) in [6, 6.07) is 12.3. The first-order valence-electron chi connectivity index (χ1n) is 6.26. The first-order chi connectivity index (χ1) is 9.70. The predicted molar refractivity (Wildman–Crippen MR) is 87.7 cm³/mol. The molecule has 0 fully saturated rings. The van der Waals surface area contributed by atoms with Gasteiger partial charge in [-0.15, -0.1) is 11.3 Å². The summed E-state index contributed by atoms with van der Waals surface area (Å²) in [5, 5.41) is 1.13. The number of aromatic nitrogens is 1. The molecule has 1 atom stereocenters. The van der Waals surface area contributed by atoms with Crippen LogP contribution in [-0.4, -0.2) is 4.98 Å². The van der Waals surface area contributed by atoms with Gasteiger partial charge >= 0.3 is 0 Å². The van der Waals surface area contributed by atoms with Crippen LogP contribution in [0.4, 0.5) is 0 Å². The van der Waals surface area contributed by atoms with Gasteiger partial charge in [0.25, 0.3) is 0 Å². The molecule has 0 radical (unpaired) electrons. The lowest BCUT2D eigenvalue weighted by Crippen LogP contribution is -2.28. The minimum absolute atomic E-state index is 0.0297. The van der Waals surface area contributed by atoms with Crippen LogP contribution in [0.25, 0.3) is 10.9 Å². The molecule has 0 aliphatic heterocycles. The smallest absolute Gasteiger partial charge is 0.0809 e. The summed E-state index contributed by atoms with van der Waals surface area (Å²) in [6.45, 7) is 2.09. The summed E-state index contributed by atoms with van der Waals surface area (Å²) >= 11 is 5.28. The van der Waals surface area contributed by atoms with Crippen LogP contribution in [0, 0.1) is 6.92 Å². The van der Waals surface area contributed by atoms with Gasteiger partial charge in [-0.2, -0.15) is 0 Å². The van der Waals surface area contributed by atoms with Gasteiger partial charge in [-0.1, -0.05) is 18.2 Å². The average molecular weight is 348 g/mol. The molecular weight excluding hydrogens is 334 g/mol. The molecule has 20 heavy (non-hydrogen) atoms. The third-order valence-corrected chi connectivity index (χ3v) is 5.52. The minimum atomic E-state index is -0.0297. The summed E-state index contributed by atoms with van der Waals surface area (Å²) in [5.74, 6) is 5.81. The number of benzene rings is 1. The molecule has 3 aromatic rings. The highest BCUT2D eigenvalue weighted by Gasteiger charge is 2.18. The maximum atomic E-state index is 5.81. The van der Waals surface area contributed by atoms with Gasteiger partial charge in [0.1, 0.15) is 0 Å².